The molecule has 3 N–H and O–H groups in total. The van der Waals surface area contributed by atoms with Crippen LogP contribution >= 0.6 is 0 Å². The number of aryl methyl sites for hydroxylation is 2. The zero-order valence-electron chi connectivity index (χ0n) is 16.4. The molecule has 0 radical (unpaired) electrons. The highest BCUT2D eigenvalue weighted by atomic mass is 19.1. The first-order valence-corrected chi connectivity index (χ1v) is 9.51. The number of hydrogen-bond acceptors (Lipinski definition) is 3. The number of anilines is 1. The maximum absolute atomic E-state index is 14.3. The molecule has 4 nitrogen and oxygen atoms in total. The first kappa shape index (κ1) is 18.9. The van der Waals surface area contributed by atoms with Crippen LogP contribution < -0.4 is 5.73 Å². The summed E-state index contributed by atoms with van der Waals surface area (Å²) in [4.78, 5) is 12.5. The number of aromatic nitrogens is 2. The van der Waals surface area contributed by atoms with Gasteiger partial charge in [-0.2, -0.15) is 5.10 Å². The predicted molar refractivity (Wildman–Crippen MR) is 114 cm³/mol. The molecule has 0 spiro atoms. The summed E-state index contributed by atoms with van der Waals surface area (Å²) in [6, 6.07) is 17.2. The number of nitrogen functional groups attached to an aromatic ring is 1. The first-order chi connectivity index (χ1) is 13.9. The van der Waals surface area contributed by atoms with E-state index in [1.807, 2.05) is 49.4 Å². The highest BCUT2D eigenvalue weighted by Crippen LogP contribution is 2.31. The average molecular weight is 387 g/mol. The van der Waals surface area contributed by atoms with Gasteiger partial charge in [-0.25, -0.2) is 4.39 Å². The number of H-pyrrole nitrogens is 1. The number of hydrogen-bond donors (Lipinski definition) is 2. The van der Waals surface area contributed by atoms with Crippen LogP contribution in [0.15, 0.2) is 54.6 Å². The number of nitrogens with zero attached hydrogens (tertiary/aromatic N) is 1. The van der Waals surface area contributed by atoms with Gasteiger partial charge in [-0.1, -0.05) is 54.1 Å². The van der Waals surface area contributed by atoms with Crippen LogP contribution in [-0.4, -0.2) is 16.0 Å². The van der Waals surface area contributed by atoms with Gasteiger partial charge >= 0.3 is 0 Å². The molecule has 4 rings (SSSR count). The van der Waals surface area contributed by atoms with Gasteiger partial charge in [0.25, 0.3) is 0 Å². The lowest BCUT2D eigenvalue weighted by molar-refractivity contribution is -0.117. The number of halogens is 1. The highest BCUT2D eigenvalue weighted by Gasteiger charge is 2.13. The molecule has 0 amide bonds. The van der Waals surface area contributed by atoms with E-state index in [2.05, 4.69) is 10.2 Å². The molecule has 0 aliphatic heterocycles. The van der Waals surface area contributed by atoms with Gasteiger partial charge in [-0.15, -0.1) is 0 Å². The molecule has 5 heteroatoms. The highest BCUT2D eigenvalue weighted by molar-refractivity contribution is 6.01. The van der Waals surface area contributed by atoms with E-state index in [9.17, 15) is 9.18 Å². The Kier molecular flexibility index (Phi) is 4.89. The maximum atomic E-state index is 14.3. The average Bonchev–Trinajstić information content (AvgIpc) is 3.07. The number of rotatable bonds is 5. The molecule has 0 saturated carbocycles. The van der Waals surface area contributed by atoms with Gasteiger partial charge in [0.2, 0.25) is 0 Å². The van der Waals surface area contributed by atoms with E-state index in [-0.39, 0.29) is 24.4 Å². The van der Waals surface area contributed by atoms with E-state index in [0.29, 0.717) is 16.9 Å². The predicted octanol–water partition coefficient (Wildman–Crippen LogP) is 4.92. The summed E-state index contributed by atoms with van der Waals surface area (Å²) < 4.78 is 14.3. The molecule has 0 atom stereocenters. The van der Waals surface area contributed by atoms with E-state index in [1.54, 1.807) is 19.1 Å². The van der Waals surface area contributed by atoms with Crippen LogP contribution in [0.2, 0.25) is 0 Å². The Labute approximate surface area is 168 Å². The lowest BCUT2D eigenvalue weighted by Crippen LogP contribution is -2.09. The summed E-state index contributed by atoms with van der Waals surface area (Å²) >= 11 is 0. The lowest BCUT2D eigenvalue weighted by Gasteiger charge is -2.08. The number of nitrogens with one attached hydrogen (secondary N) is 1. The summed E-state index contributed by atoms with van der Waals surface area (Å²) in [5.74, 6) is 0.165. The Bertz CT molecular complexity index is 1210. The summed E-state index contributed by atoms with van der Waals surface area (Å²) in [6.45, 7) is 3.63. The third-order valence-corrected chi connectivity index (χ3v) is 5.15. The third kappa shape index (κ3) is 3.76. The van der Waals surface area contributed by atoms with Crippen LogP contribution in [0.1, 0.15) is 22.3 Å². The van der Waals surface area contributed by atoms with E-state index < -0.39 is 0 Å². The second-order valence-corrected chi connectivity index (χ2v) is 7.48. The zero-order valence-corrected chi connectivity index (χ0v) is 16.4. The molecule has 0 aliphatic rings. The Hall–Kier alpha value is -3.47. The van der Waals surface area contributed by atoms with Gasteiger partial charge < -0.3 is 5.73 Å². The molecule has 146 valence electrons. The van der Waals surface area contributed by atoms with Gasteiger partial charge in [0, 0.05) is 12.8 Å². The fraction of sp³-hybridized carbons (Fsp3) is 0.167. The third-order valence-electron chi connectivity index (χ3n) is 5.15. The van der Waals surface area contributed by atoms with E-state index in [0.717, 1.165) is 33.2 Å². The number of aromatic amines is 1. The normalized spacial score (nSPS) is 11.1. The number of Topliss-reactive ketones (excluding diaryl/α,β-unsaturated/α-hetero) is 1. The lowest BCUT2D eigenvalue weighted by atomic mass is 9.97. The minimum atomic E-state index is -0.287. The topological polar surface area (TPSA) is 71.8 Å². The number of fused-ring (bicyclic) bond motifs is 1. The Balaban J connectivity index is 1.53. The van der Waals surface area contributed by atoms with Gasteiger partial charge in [-0.3, -0.25) is 9.89 Å². The molecule has 0 bridgehead atoms. The molecule has 0 fully saturated rings. The standard InChI is InChI=1S/C24H22FN3O/c1-14-10-15(2)23(25)18(11-14)13-19(29)12-16-6-8-17(9-7-16)20-4-3-5-21-22(20)24(26)28-27-21/h3-11H,12-13H2,1-2H3,(H3,26,27,28). The van der Waals surface area contributed by atoms with Crippen molar-refractivity contribution in [2.75, 3.05) is 5.73 Å². The summed E-state index contributed by atoms with van der Waals surface area (Å²) in [5, 5.41) is 7.89. The number of benzene rings is 3. The molecule has 0 aliphatic carbocycles. The van der Waals surface area contributed by atoms with Crippen molar-refractivity contribution in [1.29, 1.82) is 0 Å². The van der Waals surface area contributed by atoms with Crippen LogP contribution in [-0.2, 0) is 17.6 Å². The molecule has 3 aromatic carbocycles. The smallest absolute Gasteiger partial charge is 0.153 e. The second kappa shape index (κ2) is 7.51. The number of carbonyl (C=O) groups excluding carboxylic acids is 1. The van der Waals surface area contributed by atoms with E-state index in [4.69, 9.17) is 5.73 Å². The minimum Gasteiger partial charge on any atom is -0.382 e. The molecule has 1 aromatic heterocycles. The first-order valence-electron chi connectivity index (χ1n) is 9.51. The molecule has 4 aromatic rings. The number of ketones is 1. The Morgan fingerprint density at radius 3 is 2.59 bits per heavy atom. The van der Waals surface area contributed by atoms with Gasteiger partial charge in [0.15, 0.2) is 5.82 Å². The fourth-order valence-electron chi connectivity index (χ4n) is 3.81. The van der Waals surface area contributed by atoms with Crippen LogP contribution in [0, 0.1) is 19.7 Å². The SMILES string of the molecule is Cc1cc(C)c(F)c(CC(=O)Cc2ccc(-c3cccc4[nH]nc(N)c34)cc2)c1. The summed E-state index contributed by atoms with van der Waals surface area (Å²) in [6.07, 6.45) is 0.367. The van der Waals surface area contributed by atoms with Crippen molar-refractivity contribution in [2.45, 2.75) is 26.7 Å². The summed E-state index contributed by atoms with van der Waals surface area (Å²) in [5.41, 5.74) is 11.8. The minimum absolute atomic E-state index is 0.0113. The van der Waals surface area contributed by atoms with Gasteiger partial charge in [0.05, 0.1) is 10.9 Å². The Morgan fingerprint density at radius 1 is 1.07 bits per heavy atom. The van der Waals surface area contributed by atoms with Crippen molar-refractivity contribution in [2.24, 2.45) is 0 Å². The molecule has 29 heavy (non-hydrogen) atoms. The van der Waals surface area contributed by atoms with Crippen LogP contribution in [0.3, 0.4) is 0 Å². The fourth-order valence-corrected chi connectivity index (χ4v) is 3.81. The van der Waals surface area contributed by atoms with E-state index >= 15 is 0 Å². The van der Waals surface area contributed by atoms with Crippen molar-refractivity contribution in [3.8, 4) is 11.1 Å². The van der Waals surface area contributed by atoms with E-state index in [1.165, 1.54) is 0 Å². The van der Waals surface area contributed by atoms with Crippen molar-refractivity contribution < 1.29 is 9.18 Å². The van der Waals surface area contributed by atoms with Crippen LogP contribution in [0.4, 0.5) is 10.2 Å². The second-order valence-electron chi connectivity index (χ2n) is 7.48. The number of nitrogens with two attached hydrogens (primary N) is 1. The maximum Gasteiger partial charge on any atom is 0.153 e. The summed E-state index contributed by atoms with van der Waals surface area (Å²) in [7, 11) is 0. The molecule has 0 saturated heterocycles. The van der Waals surface area contributed by atoms with Crippen LogP contribution in [0.5, 0.6) is 0 Å². The zero-order chi connectivity index (χ0) is 20.5. The molecule has 0 unspecified atom stereocenters. The largest absolute Gasteiger partial charge is 0.382 e. The number of carbonyl (C=O) groups is 1. The Morgan fingerprint density at radius 2 is 1.83 bits per heavy atom. The van der Waals surface area contributed by atoms with Gasteiger partial charge in [-0.05, 0) is 47.7 Å². The van der Waals surface area contributed by atoms with Crippen molar-refractivity contribution in [3.05, 3.63) is 82.7 Å². The van der Waals surface area contributed by atoms with Crippen molar-refractivity contribution in [3.63, 3.8) is 0 Å². The molecule has 1 heterocycles. The van der Waals surface area contributed by atoms with Crippen molar-refractivity contribution in [1.82, 2.24) is 10.2 Å². The molecular weight excluding hydrogens is 365 g/mol. The monoisotopic (exact) mass is 387 g/mol. The molecular formula is C24H22FN3O. The quantitative estimate of drug-likeness (QED) is 0.510. The van der Waals surface area contributed by atoms with Crippen molar-refractivity contribution >= 4 is 22.5 Å². The van der Waals surface area contributed by atoms with Crippen LogP contribution in [0.25, 0.3) is 22.0 Å². The van der Waals surface area contributed by atoms with Gasteiger partial charge in [0.1, 0.15) is 11.6 Å².